The van der Waals surface area contributed by atoms with E-state index >= 15 is 0 Å². The number of nitrogens with zero attached hydrogens (tertiary/aromatic N) is 1. The lowest BCUT2D eigenvalue weighted by molar-refractivity contribution is 0.0205. The molecule has 2 fully saturated rings. The second-order valence-electron chi connectivity index (χ2n) is 7.59. The summed E-state index contributed by atoms with van der Waals surface area (Å²) in [4.78, 5) is 14.4. The van der Waals surface area contributed by atoms with E-state index in [0.717, 1.165) is 51.8 Å². The Balaban J connectivity index is 1.74. The van der Waals surface area contributed by atoms with Crippen LogP contribution in [0.25, 0.3) is 0 Å². The number of fused-ring (bicyclic) bond motifs is 2. The summed E-state index contributed by atoms with van der Waals surface area (Å²) in [7, 11) is 1.74. The maximum absolute atomic E-state index is 12.4. The van der Waals surface area contributed by atoms with Gasteiger partial charge in [0.2, 0.25) is 0 Å². The van der Waals surface area contributed by atoms with Gasteiger partial charge in [0.05, 0.1) is 0 Å². The molecule has 3 unspecified atom stereocenters. The van der Waals surface area contributed by atoms with Crippen molar-refractivity contribution in [3.63, 3.8) is 0 Å². The molecule has 3 atom stereocenters. The Morgan fingerprint density at radius 1 is 1.27 bits per heavy atom. The normalized spacial score (nSPS) is 27.5. The van der Waals surface area contributed by atoms with Crippen molar-refractivity contribution in [1.82, 2.24) is 10.2 Å². The minimum Gasteiger partial charge on any atom is -0.444 e. The van der Waals surface area contributed by atoms with Crippen LogP contribution in [0, 0.1) is 5.92 Å². The standard InChI is InChI=1S/C17H32N2O3/c1-17(2,3)22-16(20)19-14-7-8-15(19)13(11-14)12-18-9-5-6-10-21-4/h13-15,18H,5-12H2,1-4H3. The van der Waals surface area contributed by atoms with Crippen LogP contribution in [-0.4, -0.2) is 55.5 Å². The van der Waals surface area contributed by atoms with Crippen molar-refractivity contribution in [3.8, 4) is 0 Å². The zero-order chi connectivity index (χ0) is 16.2. The predicted molar refractivity (Wildman–Crippen MR) is 87.0 cm³/mol. The summed E-state index contributed by atoms with van der Waals surface area (Å²) in [5.74, 6) is 0.577. The lowest BCUT2D eigenvalue weighted by atomic mass is 9.89. The topological polar surface area (TPSA) is 50.8 Å². The van der Waals surface area contributed by atoms with Crippen LogP contribution in [0.4, 0.5) is 4.79 Å². The predicted octanol–water partition coefficient (Wildman–Crippen LogP) is 2.79. The molecule has 2 bridgehead atoms. The highest BCUT2D eigenvalue weighted by molar-refractivity contribution is 5.70. The van der Waals surface area contributed by atoms with E-state index in [4.69, 9.17) is 9.47 Å². The Morgan fingerprint density at radius 3 is 2.73 bits per heavy atom. The van der Waals surface area contributed by atoms with Crippen molar-refractivity contribution in [3.05, 3.63) is 0 Å². The van der Waals surface area contributed by atoms with Gasteiger partial charge in [-0.2, -0.15) is 0 Å². The fourth-order valence-corrected chi connectivity index (χ4v) is 3.72. The number of carbonyl (C=O) groups excluding carboxylic acids is 1. The van der Waals surface area contributed by atoms with E-state index in [0.29, 0.717) is 18.0 Å². The van der Waals surface area contributed by atoms with Gasteiger partial charge < -0.3 is 19.7 Å². The van der Waals surface area contributed by atoms with Gasteiger partial charge in [0.25, 0.3) is 0 Å². The van der Waals surface area contributed by atoms with Crippen molar-refractivity contribution in [2.24, 2.45) is 5.92 Å². The SMILES string of the molecule is COCCCCNCC1CC2CCC1N2C(=O)OC(C)(C)C. The molecule has 128 valence electrons. The van der Waals surface area contributed by atoms with E-state index in [-0.39, 0.29) is 6.09 Å². The summed E-state index contributed by atoms with van der Waals surface area (Å²) in [5.41, 5.74) is -0.409. The van der Waals surface area contributed by atoms with E-state index < -0.39 is 5.60 Å². The quantitative estimate of drug-likeness (QED) is 0.735. The third kappa shape index (κ3) is 4.59. The molecule has 2 aliphatic rings. The van der Waals surface area contributed by atoms with E-state index in [1.165, 1.54) is 0 Å². The minimum atomic E-state index is -0.409. The van der Waals surface area contributed by atoms with Crippen molar-refractivity contribution in [2.45, 2.75) is 70.6 Å². The molecule has 22 heavy (non-hydrogen) atoms. The van der Waals surface area contributed by atoms with Gasteiger partial charge in [-0.25, -0.2) is 4.79 Å². The van der Waals surface area contributed by atoms with Crippen LogP contribution in [0.5, 0.6) is 0 Å². The smallest absolute Gasteiger partial charge is 0.410 e. The van der Waals surface area contributed by atoms with Gasteiger partial charge in [-0.3, -0.25) is 0 Å². The monoisotopic (exact) mass is 312 g/mol. The summed E-state index contributed by atoms with van der Waals surface area (Å²) < 4.78 is 10.6. The molecule has 0 aliphatic carbocycles. The van der Waals surface area contributed by atoms with Gasteiger partial charge in [-0.1, -0.05) is 0 Å². The maximum atomic E-state index is 12.4. The van der Waals surface area contributed by atoms with Crippen LogP contribution >= 0.6 is 0 Å². The summed E-state index contributed by atoms with van der Waals surface area (Å²) in [6, 6.07) is 0.756. The van der Waals surface area contributed by atoms with Crippen LogP contribution in [-0.2, 0) is 9.47 Å². The third-order valence-corrected chi connectivity index (χ3v) is 4.63. The molecule has 0 spiro atoms. The molecule has 5 nitrogen and oxygen atoms in total. The summed E-state index contributed by atoms with van der Waals surface area (Å²) in [6.45, 7) is 8.67. The van der Waals surface area contributed by atoms with Crippen LogP contribution in [0.15, 0.2) is 0 Å². The molecule has 1 N–H and O–H groups in total. The molecular formula is C17H32N2O3. The summed E-state index contributed by atoms with van der Waals surface area (Å²) >= 11 is 0. The zero-order valence-electron chi connectivity index (χ0n) is 14.6. The van der Waals surface area contributed by atoms with E-state index in [2.05, 4.69) is 5.32 Å². The van der Waals surface area contributed by atoms with Crippen LogP contribution in [0.2, 0.25) is 0 Å². The third-order valence-electron chi connectivity index (χ3n) is 4.63. The first-order valence-electron chi connectivity index (χ1n) is 8.63. The number of nitrogens with one attached hydrogen (secondary N) is 1. The molecule has 2 rings (SSSR count). The Labute approximate surface area is 134 Å². The average molecular weight is 312 g/mol. The van der Waals surface area contributed by atoms with Crippen LogP contribution < -0.4 is 5.32 Å². The second-order valence-corrected chi connectivity index (χ2v) is 7.59. The molecule has 0 radical (unpaired) electrons. The Kier molecular flexibility index (Phi) is 6.09. The molecule has 2 saturated heterocycles. The number of unbranched alkanes of at least 4 members (excludes halogenated alkanes) is 1. The molecule has 0 aromatic rings. The first kappa shape index (κ1) is 17.5. The number of rotatable bonds is 7. The molecular weight excluding hydrogens is 280 g/mol. The average Bonchev–Trinajstić information content (AvgIpc) is 2.98. The maximum Gasteiger partial charge on any atom is 0.410 e. The lowest BCUT2D eigenvalue weighted by Crippen LogP contribution is -2.41. The highest BCUT2D eigenvalue weighted by atomic mass is 16.6. The van der Waals surface area contributed by atoms with E-state index in [1.807, 2.05) is 25.7 Å². The largest absolute Gasteiger partial charge is 0.444 e. The van der Waals surface area contributed by atoms with Crippen molar-refractivity contribution >= 4 is 6.09 Å². The summed E-state index contributed by atoms with van der Waals surface area (Å²) in [5, 5.41) is 3.54. The van der Waals surface area contributed by atoms with Gasteiger partial charge in [0.15, 0.2) is 0 Å². The van der Waals surface area contributed by atoms with Gasteiger partial charge in [0, 0.05) is 25.8 Å². The first-order valence-corrected chi connectivity index (χ1v) is 8.63. The Morgan fingerprint density at radius 2 is 2.05 bits per heavy atom. The first-order chi connectivity index (χ1) is 10.4. The highest BCUT2D eigenvalue weighted by Gasteiger charge is 2.49. The van der Waals surface area contributed by atoms with E-state index in [1.54, 1.807) is 7.11 Å². The number of carbonyl (C=O) groups is 1. The molecule has 0 aromatic heterocycles. The molecule has 2 heterocycles. The number of methoxy groups -OCH3 is 1. The van der Waals surface area contributed by atoms with Gasteiger partial charge in [-0.15, -0.1) is 0 Å². The van der Waals surface area contributed by atoms with Gasteiger partial charge in [0.1, 0.15) is 5.60 Å². The fourth-order valence-electron chi connectivity index (χ4n) is 3.72. The highest BCUT2D eigenvalue weighted by Crippen LogP contribution is 2.42. The molecule has 1 amide bonds. The number of amides is 1. The molecule has 0 aromatic carbocycles. The van der Waals surface area contributed by atoms with Crippen LogP contribution in [0.3, 0.4) is 0 Å². The number of hydrogen-bond donors (Lipinski definition) is 1. The second kappa shape index (κ2) is 7.64. The lowest BCUT2D eigenvalue weighted by Gasteiger charge is -2.28. The van der Waals surface area contributed by atoms with E-state index in [9.17, 15) is 4.79 Å². The fraction of sp³-hybridized carbons (Fsp3) is 0.941. The zero-order valence-corrected chi connectivity index (χ0v) is 14.6. The number of hydrogen-bond acceptors (Lipinski definition) is 4. The summed E-state index contributed by atoms with van der Waals surface area (Å²) in [6.07, 6.45) is 5.50. The Bertz CT molecular complexity index is 367. The van der Waals surface area contributed by atoms with Crippen molar-refractivity contribution < 1.29 is 14.3 Å². The van der Waals surface area contributed by atoms with Gasteiger partial charge >= 0.3 is 6.09 Å². The Hall–Kier alpha value is -0.810. The number of ether oxygens (including phenoxy) is 2. The van der Waals surface area contributed by atoms with Crippen LogP contribution in [0.1, 0.15) is 52.9 Å². The molecule has 0 saturated carbocycles. The molecule has 5 heteroatoms. The van der Waals surface area contributed by atoms with Gasteiger partial charge in [-0.05, 0) is 71.9 Å². The molecule has 2 aliphatic heterocycles. The van der Waals surface area contributed by atoms with Crippen molar-refractivity contribution in [2.75, 3.05) is 26.8 Å². The minimum absolute atomic E-state index is 0.123. The van der Waals surface area contributed by atoms with Crippen molar-refractivity contribution in [1.29, 1.82) is 0 Å².